The molecule has 2 aliphatic rings. The highest BCUT2D eigenvalue weighted by Gasteiger charge is 2.38. The Labute approximate surface area is 167 Å². The molecule has 29 heavy (non-hydrogen) atoms. The molecule has 4 rings (SSSR count). The van der Waals surface area contributed by atoms with Gasteiger partial charge in [-0.3, -0.25) is 4.79 Å². The summed E-state index contributed by atoms with van der Waals surface area (Å²) >= 11 is 0. The smallest absolute Gasteiger partial charge is 0.211 e. The maximum absolute atomic E-state index is 12.5. The van der Waals surface area contributed by atoms with Crippen molar-refractivity contribution in [2.75, 3.05) is 0 Å². The third kappa shape index (κ3) is 2.88. The van der Waals surface area contributed by atoms with E-state index in [0.29, 0.717) is 0 Å². The van der Waals surface area contributed by atoms with E-state index >= 15 is 0 Å². The fourth-order valence-corrected chi connectivity index (χ4v) is 6.32. The number of benzene rings is 2. The minimum atomic E-state index is -3.88. The van der Waals surface area contributed by atoms with Gasteiger partial charge >= 0.3 is 0 Å². The zero-order valence-electron chi connectivity index (χ0n) is 14.8. The van der Waals surface area contributed by atoms with E-state index in [4.69, 9.17) is 0 Å². The topological polar surface area (TPSA) is 108 Å². The monoisotopic (exact) mass is 425 g/mol. The summed E-state index contributed by atoms with van der Waals surface area (Å²) in [5.74, 6) is -1.18. The Morgan fingerprint density at radius 2 is 1.31 bits per heavy atom. The number of hydrogen-bond acceptors (Lipinski definition) is 6. The molecule has 0 radical (unpaired) electrons. The van der Waals surface area contributed by atoms with Crippen molar-refractivity contribution in [2.24, 2.45) is 0 Å². The van der Waals surface area contributed by atoms with Gasteiger partial charge in [-0.1, -0.05) is 54.3 Å². The molecule has 146 valence electrons. The number of ketones is 1. The van der Waals surface area contributed by atoms with Crippen LogP contribution in [0.4, 0.5) is 0 Å². The molecule has 0 aliphatic carbocycles. The molecule has 8 heteroatoms. The van der Waals surface area contributed by atoms with Gasteiger partial charge < -0.3 is 5.11 Å². The van der Waals surface area contributed by atoms with Gasteiger partial charge in [0.2, 0.25) is 25.5 Å². The zero-order valence-corrected chi connectivity index (χ0v) is 16.4. The summed E-state index contributed by atoms with van der Waals surface area (Å²) in [6.45, 7) is 0. The van der Waals surface area contributed by atoms with Crippen molar-refractivity contribution in [3.63, 3.8) is 0 Å². The number of Topliss-reactive ketones (excluding diaryl/α,β-unsaturated/α-hetero) is 1. The van der Waals surface area contributed by atoms with E-state index in [1.807, 2.05) is 0 Å². The van der Waals surface area contributed by atoms with Crippen LogP contribution in [0.1, 0.15) is 15.9 Å². The molecule has 0 N–H and O–H groups in total. The van der Waals surface area contributed by atoms with Gasteiger partial charge in [0.25, 0.3) is 0 Å². The van der Waals surface area contributed by atoms with E-state index in [2.05, 4.69) is 0 Å². The van der Waals surface area contributed by atoms with E-state index in [9.17, 15) is 26.7 Å². The second kappa shape index (κ2) is 6.68. The minimum Gasteiger partial charge on any atom is -0.871 e. The molecule has 6 nitrogen and oxygen atoms in total. The van der Waals surface area contributed by atoms with E-state index in [1.54, 1.807) is 24.3 Å². The van der Waals surface area contributed by atoms with Crippen LogP contribution in [0.15, 0.2) is 98.5 Å². The summed E-state index contributed by atoms with van der Waals surface area (Å²) in [6, 6.07) is 11.9. The van der Waals surface area contributed by atoms with Crippen LogP contribution in [0.25, 0.3) is 5.76 Å². The zero-order chi connectivity index (χ0) is 20.8. The number of fused-ring (bicyclic) bond motifs is 2. The Morgan fingerprint density at radius 1 is 0.724 bits per heavy atom. The minimum absolute atomic E-state index is 0.0313. The number of sulfone groups is 2. The number of carbonyl (C=O) groups excluding carboxylic acids is 1. The predicted molar refractivity (Wildman–Crippen MR) is 105 cm³/mol. The SMILES string of the molecule is O=C1/C(=C/C=C/C=C/C2=C([O-])c3ccccc3S2(=O)=O)S(=O)(=O)c2ccccc21. The maximum Gasteiger partial charge on any atom is 0.211 e. The predicted octanol–water partition coefficient (Wildman–Crippen LogP) is 2.17. The maximum atomic E-state index is 12.5. The second-order valence-corrected chi connectivity index (χ2v) is 10.1. The lowest BCUT2D eigenvalue weighted by Gasteiger charge is -2.07. The van der Waals surface area contributed by atoms with Crippen molar-refractivity contribution >= 4 is 31.2 Å². The summed E-state index contributed by atoms with van der Waals surface area (Å²) in [5, 5.41) is 12.3. The van der Waals surface area contributed by atoms with E-state index in [1.165, 1.54) is 42.5 Å². The molecule has 0 bridgehead atoms. The molecule has 2 aliphatic heterocycles. The average molecular weight is 425 g/mol. The summed E-state index contributed by atoms with van der Waals surface area (Å²) < 4.78 is 49.8. The van der Waals surface area contributed by atoms with E-state index in [0.717, 1.165) is 12.2 Å². The highest BCUT2D eigenvalue weighted by Crippen LogP contribution is 2.36. The molecule has 0 saturated carbocycles. The van der Waals surface area contributed by atoms with Gasteiger partial charge in [0, 0.05) is 5.56 Å². The summed E-state index contributed by atoms with van der Waals surface area (Å²) in [5.41, 5.74) is 0.248. The van der Waals surface area contributed by atoms with Crippen LogP contribution in [-0.2, 0) is 19.7 Å². The normalized spacial score (nSPS) is 20.7. The summed E-state index contributed by atoms with van der Waals surface area (Å²) in [6.07, 6.45) is 6.30. The Morgan fingerprint density at radius 3 is 1.93 bits per heavy atom. The van der Waals surface area contributed by atoms with Crippen molar-refractivity contribution in [1.82, 2.24) is 0 Å². The molecule has 0 aromatic heterocycles. The first-order valence-electron chi connectivity index (χ1n) is 8.46. The van der Waals surface area contributed by atoms with E-state index in [-0.39, 0.29) is 30.7 Å². The fraction of sp³-hybridized carbons (Fsp3) is 0. The quantitative estimate of drug-likeness (QED) is 0.551. The molecule has 0 spiro atoms. The first kappa shape index (κ1) is 19.1. The summed E-state index contributed by atoms with van der Waals surface area (Å²) in [7, 11) is -7.76. The fourth-order valence-electron chi connectivity index (χ4n) is 3.20. The van der Waals surface area contributed by atoms with Crippen LogP contribution in [0.5, 0.6) is 0 Å². The van der Waals surface area contributed by atoms with Crippen LogP contribution in [0.2, 0.25) is 0 Å². The highest BCUT2D eigenvalue weighted by atomic mass is 32.2. The Hall–Kier alpha value is -3.23. The van der Waals surface area contributed by atoms with Crippen LogP contribution < -0.4 is 5.11 Å². The van der Waals surface area contributed by atoms with Crippen molar-refractivity contribution in [2.45, 2.75) is 9.79 Å². The Bertz CT molecular complexity index is 1390. The van der Waals surface area contributed by atoms with Gasteiger partial charge in [0.05, 0.1) is 14.7 Å². The summed E-state index contributed by atoms with van der Waals surface area (Å²) in [4.78, 5) is 11.5. The van der Waals surface area contributed by atoms with Crippen molar-refractivity contribution in [3.8, 4) is 0 Å². The molecular formula is C21H13O6S2-. The lowest BCUT2D eigenvalue weighted by molar-refractivity contribution is -0.244. The number of rotatable bonds is 3. The van der Waals surface area contributed by atoms with Crippen molar-refractivity contribution < 1.29 is 26.7 Å². The average Bonchev–Trinajstić information content (AvgIpc) is 3.02. The van der Waals surface area contributed by atoms with Gasteiger partial charge in [0.15, 0.2) is 0 Å². The molecule has 2 aromatic carbocycles. The van der Waals surface area contributed by atoms with Crippen molar-refractivity contribution in [3.05, 3.63) is 99.8 Å². The molecule has 0 amide bonds. The van der Waals surface area contributed by atoms with Gasteiger partial charge in [-0.05, 0) is 35.9 Å². The van der Waals surface area contributed by atoms with Gasteiger partial charge in [-0.2, -0.15) is 0 Å². The number of allylic oxidation sites excluding steroid dienone is 6. The third-order valence-corrected chi connectivity index (χ3v) is 8.26. The van der Waals surface area contributed by atoms with Gasteiger partial charge in [-0.25, -0.2) is 16.8 Å². The molecule has 2 heterocycles. The van der Waals surface area contributed by atoms with Crippen molar-refractivity contribution in [1.29, 1.82) is 0 Å². The first-order chi connectivity index (χ1) is 13.8. The van der Waals surface area contributed by atoms with Crippen LogP contribution in [-0.4, -0.2) is 22.6 Å². The van der Waals surface area contributed by atoms with Gasteiger partial charge in [-0.15, -0.1) is 0 Å². The van der Waals surface area contributed by atoms with Crippen LogP contribution >= 0.6 is 0 Å². The van der Waals surface area contributed by atoms with Gasteiger partial charge in [0.1, 0.15) is 4.91 Å². The standard InChI is InChI=1S/C21H14O6S2/c22-20-14-8-4-6-10-16(14)28(24,25)18(20)12-2-1-3-13-19-21(23)15-9-5-7-11-17(15)29(19,26)27/h1-13,22H/p-1/b3-1+,12-2+,19-13-. The highest BCUT2D eigenvalue weighted by molar-refractivity contribution is 7.97. The third-order valence-electron chi connectivity index (χ3n) is 4.59. The molecule has 0 saturated heterocycles. The molecular weight excluding hydrogens is 412 g/mol. The molecule has 0 unspecified atom stereocenters. The Kier molecular flexibility index (Phi) is 4.40. The van der Waals surface area contributed by atoms with Crippen LogP contribution in [0.3, 0.4) is 0 Å². The number of hydrogen-bond donors (Lipinski definition) is 0. The van der Waals surface area contributed by atoms with Crippen LogP contribution in [0, 0.1) is 0 Å². The largest absolute Gasteiger partial charge is 0.871 e. The lowest BCUT2D eigenvalue weighted by Crippen LogP contribution is -2.03. The Balaban J connectivity index is 1.61. The lowest BCUT2D eigenvalue weighted by atomic mass is 10.1. The number of carbonyl (C=O) groups is 1. The second-order valence-electron chi connectivity index (χ2n) is 6.30. The molecule has 0 atom stereocenters. The molecule has 2 aromatic rings. The molecule has 0 fully saturated rings. The first-order valence-corrected chi connectivity index (χ1v) is 11.4. The van der Waals surface area contributed by atoms with E-state index < -0.39 is 31.2 Å².